The van der Waals surface area contributed by atoms with Crippen LogP contribution in [-0.2, 0) is 4.74 Å². The normalized spacial score (nSPS) is 39.8. The van der Waals surface area contributed by atoms with Gasteiger partial charge in [-0.15, -0.1) is 0 Å². The van der Waals surface area contributed by atoms with E-state index in [2.05, 4.69) is 24.1 Å². The summed E-state index contributed by atoms with van der Waals surface area (Å²) in [6, 6.07) is 1.35. The van der Waals surface area contributed by atoms with Gasteiger partial charge in [0.15, 0.2) is 0 Å². The second kappa shape index (κ2) is 5.71. The third-order valence-electron chi connectivity index (χ3n) is 5.60. The van der Waals surface area contributed by atoms with Gasteiger partial charge >= 0.3 is 0 Å². The first-order valence-electron chi connectivity index (χ1n) is 8.26. The molecular formula is C16H30N2O. The molecule has 19 heavy (non-hydrogen) atoms. The molecule has 3 heteroatoms. The largest absolute Gasteiger partial charge is 0.375 e. The molecule has 0 aromatic rings. The Morgan fingerprint density at radius 2 is 2.05 bits per heavy atom. The summed E-state index contributed by atoms with van der Waals surface area (Å²) >= 11 is 0. The SMILES string of the molecule is CC1(C)CCCNC1CN1CCOC2CCCCC21. The molecule has 0 spiro atoms. The molecule has 3 aliphatic rings. The van der Waals surface area contributed by atoms with E-state index in [1.807, 2.05) is 0 Å². The maximum atomic E-state index is 5.99. The Bertz CT molecular complexity index is 303. The minimum atomic E-state index is 0.445. The van der Waals surface area contributed by atoms with Crippen LogP contribution in [0.5, 0.6) is 0 Å². The van der Waals surface area contributed by atoms with Crippen LogP contribution >= 0.6 is 0 Å². The lowest BCUT2D eigenvalue weighted by atomic mass is 9.77. The second-order valence-electron chi connectivity index (χ2n) is 7.35. The molecule has 1 saturated carbocycles. The summed E-state index contributed by atoms with van der Waals surface area (Å²) in [5, 5.41) is 3.77. The fourth-order valence-electron chi connectivity index (χ4n) is 4.22. The zero-order valence-electron chi connectivity index (χ0n) is 12.7. The Labute approximate surface area is 118 Å². The Balaban J connectivity index is 1.64. The molecule has 2 aliphatic heterocycles. The van der Waals surface area contributed by atoms with E-state index in [4.69, 9.17) is 4.74 Å². The van der Waals surface area contributed by atoms with Crippen LogP contribution in [0.25, 0.3) is 0 Å². The maximum Gasteiger partial charge on any atom is 0.0730 e. The number of nitrogens with zero attached hydrogens (tertiary/aromatic N) is 1. The molecule has 0 radical (unpaired) electrons. The van der Waals surface area contributed by atoms with Crippen LogP contribution in [0.15, 0.2) is 0 Å². The number of fused-ring (bicyclic) bond motifs is 1. The molecule has 1 N–H and O–H groups in total. The quantitative estimate of drug-likeness (QED) is 0.830. The fourth-order valence-corrected chi connectivity index (χ4v) is 4.22. The summed E-state index contributed by atoms with van der Waals surface area (Å²) in [5.41, 5.74) is 0.445. The first-order valence-corrected chi connectivity index (χ1v) is 8.26. The van der Waals surface area contributed by atoms with Crippen molar-refractivity contribution in [2.75, 3.05) is 26.2 Å². The number of hydrogen-bond acceptors (Lipinski definition) is 3. The van der Waals surface area contributed by atoms with Gasteiger partial charge in [0, 0.05) is 25.2 Å². The summed E-state index contributed by atoms with van der Waals surface area (Å²) in [7, 11) is 0. The Morgan fingerprint density at radius 1 is 1.21 bits per heavy atom. The molecule has 2 saturated heterocycles. The van der Waals surface area contributed by atoms with Crippen LogP contribution in [0, 0.1) is 5.41 Å². The average Bonchev–Trinajstić information content (AvgIpc) is 2.41. The molecule has 0 bridgehead atoms. The predicted molar refractivity (Wildman–Crippen MR) is 78.4 cm³/mol. The van der Waals surface area contributed by atoms with Gasteiger partial charge in [-0.1, -0.05) is 26.7 Å². The van der Waals surface area contributed by atoms with Gasteiger partial charge in [0.1, 0.15) is 0 Å². The van der Waals surface area contributed by atoms with Crippen LogP contribution in [0.1, 0.15) is 52.4 Å². The number of morpholine rings is 1. The van der Waals surface area contributed by atoms with E-state index in [0.717, 1.165) is 13.2 Å². The molecule has 110 valence electrons. The molecule has 3 atom stereocenters. The smallest absolute Gasteiger partial charge is 0.0730 e. The Kier molecular flexibility index (Phi) is 4.16. The molecule has 3 unspecified atom stereocenters. The molecule has 2 heterocycles. The van der Waals surface area contributed by atoms with Crippen molar-refractivity contribution in [1.82, 2.24) is 10.2 Å². The molecular weight excluding hydrogens is 236 g/mol. The van der Waals surface area contributed by atoms with E-state index in [9.17, 15) is 0 Å². The lowest BCUT2D eigenvalue weighted by Gasteiger charge is -2.48. The standard InChI is InChI=1S/C16H30N2O/c1-16(2)8-5-9-17-15(16)12-18-10-11-19-14-7-4-3-6-13(14)18/h13-15,17H,3-12H2,1-2H3. The maximum absolute atomic E-state index is 5.99. The summed E-state index contributed by atoms with van der Waals surface area (Å²) in [6.07, 6.45) is 8.60. The van der Waals surface area contributed by atoms with Gasteiger partial charge in [-0.3, -0.25) is 4.90 Å². The van der Waals surface area contributed by atoms with Gasteiger partial charge < -0.3 is 10.1 Å². The predicted octanol–water partition coefficient (Wildman–Crippen LogP) is 2.41. The van der Waals surface area contributed by atoms with Gasteiger partial charge in [0.25, 0.3) is 0 Å². The zero-order chi connectivity index (χ0) is 13.3. The first-order chi connectivity index (χ1) is 9.17. The van der Waals surface area contributed by atoms with Crippen molar-refractivity contribution in [2.45, 2.75) is 70.6 Å². The minimum Gasteiger partial charge on any atom is -0.375 e. The minimum absolute atomic E-state index is 0.445. The topological polar surface area (TPSA) is 24.5 Å². The van der Waals surface area contributed by atoms with E-state index < -0.39 is 0 Å². The van der Waals surface area contributed by atoms with E-state index in [-0.39, 0.29) is 0 Å². The van der Waals surface area contributed by atoms with Crippen LogP contribution in [0.2, 0.25) is 0 Å². The first kappa shape index (κ1) is 13.8. The number of ether oxygens (including phenoxy) is 1. The molecule has 3 fully saturated rings. The monoisotopic (exact) mass is 266 g/mol. The summed E-state index contributed by atoms with van der Waals surface area (Å²) in [4.78, 5) is 2.73. The van der Waals surface area contributed by atoms with Gasteiger partial charge in [-0.05, 0) is 37.6 Å². The molecule has 0 amide bonds. The van der Waals surface area contributed by atoms with Crippen molar-refractivity contribution in [2.24, 2.45) is 5.41 Å². The van der Waals surface area contributed by atoms with E-state index in [1.54, 1.807) is 0 Å². The summed E-state index contributed by atoms with van der Waals surface area (Å²) in [6.45, 7) is 9.36. The van der Waals surface area contributed by atoms with Gasteiger partial charge in [-0.2, -0.15) is 0 Å². The average molecular weight is 266 g/mol. The number of piperidine rings is 1. The van der Waals surface area contributed by atoms with Gasteiger partial charge in [0.05, 0.1) is 12.7 Å². The van der Waals surface area contributed by atoms with Crippen LogP contribution in [0.3, 0.4) is 0 Å². The molecule has 0 aromatic heterocycles. The Morgan fingerprint density at radius 3 is 2.89 bits per heavy atom. The fraction of sp³-hybridized carbons (Fsp3) is 1.00. The molecule has 3 nitrogen and oxygen atoms in total. The van der Waals surface area contributed by atoms with Crippen LogP contribution in [-0.4, -0.2) is 49.3 Å². The zero-order valence-corrected chi connectivity index (χ0v) is 12.7. The van der Waals surface area contributed by atoms with Crippen molar-refractivity contribution < 1.29 is 4.74 Å². The van der Waals surface area contributed by atoms with Crippen LogP contribution < -0.4 is 5.32 Å². The third-order valence-corrected chi connectivity index (χ3v) is 5.60. The highest BCUT2D eigenvalue weighted by atomic mass is 16.5. The molecule has 0 aromatic carbocycles. The van der Waals surface area contributed by atoms with Gasteiger partial charge in [0.2, 0.25) is 0 Å². The number of hydrogen-bond donors (Lipinski definition) is 1. The number of nitrogens with one attached hydrogen (secondary N) is 1. The van der Waals surface area contributed by atoms with Crippen molar-refractivity contribution >= 4 is 0 Å². The van der Waals surface area contributed by atoms with Crippen LogP contribution in [0.4, 0.5) is 0 Å². The summed E-state index contributed by atoms with van der Waals surface area (Å²) < 4.78 is 5.99. The van der Waals surface area contributed by atoms with Gasteiger partial charge in [-0.25, -0.2) is 0 Å². The highest BCUT2D eigenvalue weighted by Crippen LogP contribution is 2.33. The lowest BCUT2D eigenvalue weighted by molar-refractivity contribution is -0.0944. The van der Waals surface area contributed by atoms with Crippen molar-refractivity contribution in [3.05, 3.63) is 0 Å². The van der Waals surface area contributed by atoms with E-state index in [0.29, 0.717) is 23.6 Å². The Hall–Kier alpha value is -0.120. The van der Waals surface area contributed by atoms with Crippen molar-refractivity contribution in [3.8, 4) is 0 Å². The molecule has 1 aliphatic carbocycles. The highest BCUT2D eigenvalue weighted by molar-refractivity contribution is 4.94. The molecule has 3 rings (SSSR count). The van der Waals surface area contributed by atoms with E-state index in [1.165, 1.54) is 51.6 Å². The lowest BCUT2D eigenvalue weighted by Crippen LogP contribution is -2.59. The third kappa shape index (κ3) is 2.98. The second-order valence-corrected chi connectivity index (χ2v) is 7.35. The van der Waals surface area contributed by atoms with Crippen molar-refractivity contribution in [1.29, 1.82) is 0 Å². The van der Waals surface area contributed by atoms with E-state index >= 15 is 0 Å². The van der Waals surface area contributed by atoms with Crippen molar-refractivity contribution in [3.63, 3.8) is 0 Å². The number of rotatable bonds is 2. The highest BCUT2D eigenvalue weighted by Gasteiger charge is 2.38. The summed E-state index contributed by atoms with van der Waals surface area (Å²) in [5.74, 6) is 0.